The zero-order valence-corrected chi connectivity index (χ0v) is 16.9. The first-order valence-electron chi connectivity index (χ1n) is 8.22. The van der Waals surface area contributed by atoms with Crippen LogP contribution in [0.4, 0.5) is 5.69 Å². The zero-order chi connectivity index (χ0) is 18.1. The number of benzene rings is 1. The molecule has 1 aromatic heterocycles. The molecule has 0 saturated carbocycles. The van der Waals surface area contributed by atoms with Crippen molar-refractivity contribution in [2.75, 3.05) is 26.6 Å². The fraction of sp³-hybridized carbons (Fsp3) is 0.368. The molecule has 26 heavy (non-hydrogen) atoms. The molecule has 0 aliphatic heterocycles. The normalized spacial score (nSPS) is 9.81. The van der Waals surface area contributed by atoms with E-state index in [1.54, 1.807) is 33.5 Å². The van der Waals surface area contributed by atoms with Crippen molar-refractivity contribution in [1.29, 1.82) is 0 Å². The van der Waals surface area contributed by atoms with E-state index in [-0.39, 0.29) is 22.9 Å². The average molecular weight is 425 g/mol. The van der Waals surface area contributed by atoms with Gasteiger partial charge >= 0.3 is 0 Å². The van der Waals surface area contributed by atoms with Gasteiger partial charge in [-0.05, 0) is 6.42 Å². The van der Waals surface area contributed by atoms with Gasteiger partial charge in [-0.15, -0.1) is 0 Å². The van der Waals surface area contributed by atoms with E-state index in [4.69, 9.17) is 14.2 Å². The molecule has 2 aromatic rings. The highest BCUT2D eigenvalue weighted by Gasteiger charge is 2.14. The highest BCUT2D eigenvalue weighted by Crippen LogP contribution is 2.39. The van der Waals surface area contributed by atoms with Crippen molar-refractivity contribution in [2.45, 2.75) is 25.8 Å². The summed E-state index contributed by atoms with van der Waals surface area (Å²) in [7, 11) is 4.64. The van der Waals surface area contributed by atoms with Crippen molar-refractivity contribution in [3.05, 3.63) is 42.7 Å². The number of hydrogen-bond donors (Lipinski definition) is 1. The number of halogens is 1. The Morgan fingerprint density at radius 3 is 2.12 bits per heavy atom. The summed E-state index contributed by atoms with van der Waals surface area (Å²) < 4.78 is 18.0. The van der Waals surface area contributed by atoms with E-state index in [1.165, 1.54) is 0 Å². The predicted octanol–water partition coefficient (Wildman–Crippen LogP) is -0.187. The lowest BCUT2D eigenvalue weighted by Gasteiger charge is -2.14. The lowest BCUT2D eigenvalue weighted by Crippen LogP contribution is -3.00. The number of pyridine rings is 1. The van der Waals surface area contributed by atoms with Gasteiger partial charge in [-0.3, -0.25) is 4.79 Å². The molecule has 0 radical (unpaired) electrons. The van der Waals surface area contributed by atoms with Gasteiger partial charge < -0.3 is 36.5 Å². The topological polar surface area (TPSA) is 60.7 Å². The highest BCUT2D eigenvalue weighted by atomic mass is 79.9. The summed E-state index contributed by atoms with van der Waals surface area (Å²) in [5, 5.41) is 2.88. The summed E-state index contributed by atoms with van der Waals surface area (Å²) in [6.07, 6.45) is 6.27. The van der Waals surface area contributed by atoms with Gasteiger partial charge in [-0.1, -0.05) is 6.07 Å². The Morgan fingerprint density at radius 2 is 1.58 bits per heavy atom. The van der Waals surface area contributed by atoms with Crippen LogP contribution in [-0.2, 0) is 11.3 Å². The van der Waals surface area contributed by atoms with Crippen LogP contribution in [0, 0.1) is 0 Å². The zero-order valence-electron chi connectivity index (χ0n) is 15.3. The van der Waals surface area contributed by atoms with Gasteiger partial charge in [0.2, 0.25) is 11.7 Å². The largest absolute Gasteiger partial charge is 1.00 e. The number of rotatable bonds is 9. The van der Waals surface area contributed by atoms with E-state index < -0.39 is 0 Å². The average Bonchev–Trinajstić information content (AvgIpc) is 2.65. The number of aromatic nitrogens is 1. The predicted molar refractivity (Wildman–Crippen MR) is 95.2 cm³/mol. The van der Waals surface area contributed by atoms with Crippen molar-refractivity contribution in [1.82, 2.24) is 0 Å². The SMILES string of the molecule is COc1cc(NC(=O)CCCC[n+]2ccccc2)cc(OC)c1OC.[Br-]. The van der Waals surface area contributed by atoms with Crippen LogP contribution in [0.2, 0.25) is 0 Å². The van der Waals surface area contributed by atoms with E-state index in [0.29, 0.717) is 29.4 Å². The molecular formula is C19H25BrN2O4. The summed E-state index contributed by atoms with van der Waals surface area (Å²) in [5.41, 5.74) is 0.622. The first kappa shape index (κ1) is 21.8. The van der Waals surface area contributed by atoms with Crippen LogP contribution in [0.15, 0.2) is 42.7 Å². The number of aryl methyl sites for hydroxylation is 1. The smallest absolute Gasteiger partial charge is 0.224 e. The number of amides is 1. The van der Waals surface area contributed by atoms with Crippen molar-refractivity contribution in [3.8, 4) is 17.2 Å². The Morgan fingerprint density at radius 1 is 0.962 bits per heavy atom. The molecular weight excluding hydrogens is 400 g/mol. The first-order chi connectivity index (χ1) is 12.2. The summed E-state index contributed by atoms with van der Waals surface area (Å²) in [6.45, 7) is 0.901. The minimum absolute atomic E-state index is 0. The molecule has 0 spiro atoms. The molecule has 1 aromatic carbocycles. The van der Waals surface area contributed by atoms with Gasteiger partial charge in [0.1, 0.15) is 6.54 Å². The number of methoxy groups -OCH3 is 3. The molecule has 1 heterocycles. The molecule has 7 heteroatoms. The Balaban J connectivity index is 0.00000338. The Kier molecular flexibility index (Phi) is 9.51. The number of carbonyl (C=O) groups excluding carboxylic acids is 1. The van der Waals surface area contributed by atoms with Gasteiger partial charge in [-0.25, -0.2) is 4.57 Å². The molecule has 0 fully saturated rings. The Hall–Kier alpha value is -2.28. The van der Waals surface area contributed by atoms with Crippen LogP contribution in [0.5, 0.6) is 17.2 Å². The van der Waals surface area contributed by atoms with Crippen LogP contribution in [-0.4, -0.2) is 27.2 Å². The lowest BCUT2D eigenvalue weighted by atomic mass is 10.2. The van der Waals surface area contributed by atoms with E-state index in [1.807, 2.05) is 30.6 Å². The maximum Gasteiger partial charge on any atom is 0.224 e. The van der Waals surface area contributed by atoms with E-state index in [0.717, 1.165) is 19.4 Å². The molecule has 2 rings (SSSR count). The summed E-state index contributed by atoms with van der Waals surface area (Å²) in [4.78, 5) is 12.1. The van der Waals surface area contributed by atoms with Crippen molar-refractivity contribution >= 4 is 11.6 Å². The van der Waals surface area contributed by atoms with Crippen LogP contribution in [0.3, 0.4) is 0 Å². The van der Waals surface area contributed by atoms with Gasteiger partial charge in [0.25, 0.3) is 0 Å². The minimum Gasteiger partial charge on any atom is -1.00 e. The number of carbonyl (C=O) groups is 1. The number of hydrogen-bond acceptors (Lipinski definition) is 4. The number of nitrogens with one attached hydrogen (secondary N) is 1. The molecule has 142 valence electrons. The third-order valence-corrected chi connectivity index (χ3v) is 3.80. The monoisotopic (exact) mass is 424 g/mol. The number of ether oxygens (including phenoxy) is 3. The fourth-order valence-corrected chi connectivity index (χ4v) is 2.54. The van der Waals surface area contributed by atoms with Gasteiger partial charge in [0.15, 0.2) is 23.9 Å². The lowest BCUT2D eigenvalue weighted by molar-refractivity contribution is -0.697. The van der Waals surface area contributed by atoms with Crippen LogP contribution < -0.4 is 41.1 Å². The second-order valence-corrected chi connectivity index (χ2v) is 5.53. The van der Waals surface area contributed by atoms with Crippen LogP contribution in [0.25, 0.3) is 0 Å². The van der Waals surface area contributed by atoms with Crippen molar-refractivity contribution in [3.63, 3.8) is 0 Å². The maximum absolute atomic E-state index is 12.1. The molecule has 1 amide bonds. The summed E-state index contributed by atoms with van der Waals surface area (Å²) in [5.74, 6) is 1.49. The molecule has 6 nitrogen and oxygen atoms in total. The second-order valence-electron chi connectivity index (χ2n) is 5.53. The van der Waals surface area contributed by atoms with Crippen molar-refractivity contribution < 1.29 is 40.6 Å². The first-order valence-corrected chi connectivity index (χ1v) is 8.22. The van der Waals surface area contributed by atoms with E-state index in [2.05, 4.69) is 9.88 Å². The minimum atomic E-state index is -0.0349. The number of unbranched alkanes of at least 4 members (excludes halogenated alkanes) is 1. The molecule has 0 aliphatic carbocycles. The highest BCUT2D eigenvalue weighted by molar-refractivity contribution is 5.91. The molecule has 1 N–H and O–H groups in total. The standard InChI is InChI=1S/C19H24N2O4.BrH/c1-23-16-13-15(14-17(24-2)19(16)25-3)20-18(22)9-5-8-12-21-10-6-4-7-11-21;/h4,6-7,10-11,13-14H,5,8-9,12H2,1-3H3;1H. The number of nitrogens with zero attached hydrogens (tertiary/aromatic N) is 1. The van der Waals surface area contributed by atoms with E-state index in [9.17, 15) is 4.79 Å². The van der Waals surface area contributed by atoms with Gasteiger partial charge in [0.05, 0.1) is 21.3 Å². The van der Waals surface area contributed by atoms with Gasteiger partial charge in [-0.2, -0.15) is 0 Å². The quantitative estimate of drug-likeness (QED) is 0.447. The molecule has 0 aliphatic rings. The van der Waals surface area contributed by atoms with Gasteiger partial charge in [0, 0.05) is 42.8 Å². The summed E-state index contributed by atoms with van der Waals surface area (Å²) in [6, 6.07) is 9.42. The van der Waals surface area contributed by atoms with Crippen LogP contribution in [0.1, 0.15) is 19.3 Å². The third-order valence-electron chi connectivity index (χ3n) is 3.80. The molecule has 0 atom stereocenters. The summed E-state index contributed by atoms with van der Waals surface area (Å²) >= 11 is 0. The molecule has 0 unspecified atom stereocenters. The van der Waals surface area contributed by atoms with Crippen LogP contribution >= 0.6 is 0 Å². The fourth-order valence-electron chi connectivity index (χ4n) is 2.54. The molecule has 0 bridgehead atoms. The molecule has 0 saturated heterocycles. The number of anilines is 1. The second kappa shape index (κ2) is 11.4. The van der Waals surface area contributed by atoms with Crippen molar-refractivity contribution in [2.24, 2.45) is 0 Å². The third kappa shape index (κ3) is 6.22. The van der Waals surface area contributed by atoms with E-state index >= 15 is 0 Å². The Bertz CT molecular complexity index is 670. The maximum atomic E-state index is 12.1. The Labute approximate surface area is 164 Å².